The van der Waals surface area contributed by atoms with Crippen molar-refractivity contribution in [3.05, 3.63) is 12.2 Å². The zero-order valence-corrected chi connectivity index (χ0v) is 10.9. The highest BCUT2D eigenvalue weighted by molar-refractivity contribution is 5.76. The maximum atomic E-state index is 11.7. The summed E-state index contributed by atoms with van der Waals surface area (Å²) < 4.78 is 10.3. The zero-order valence-electron chi connectivity index (χ0n) is 10.9. The molecule has 0 radical (unpaired) electrons. The van der Waals surface area contributed by atoms with E-state index in [1.165, 1.54) is 6.92 Å². The Kier molecular flexibility index (Phi) is 4.04. The van der Waals surface area contributed by atoms with Crippen molar-refractivity contribution in [1.82, 2.24) is 0 Å². The van der Waals surface area contributed by atoms with Crippen LogP contribution in [0.15, 0.2) is 12.2 Å². The van der Waals surface area contributed by atoms with Crippen molar-refractivity contribution in [2.75, 3.05) is 6.61 Å². The van der Waals surface area contributed by atoms with Gasteiger partial charge in [0.15, 0.2) is 0 Å². The topological polar surface area (TPSA) is 52.6 Å². The lowest BCUT2D eigenvalue weighted by Crippen LogP contribution is -2.15. The number of fused-ring (bicyclic) bond motifs is 1. The van der Waals surface area contributed by atoms with Gasteiger partial charge in [-0.25, -0.2) is 0 Å². The second kappa shape index (κ2) is 5.55. The molecule has 0 aliphatic heterocycles. The van der Waals surface area contributed by atoms with E-state index in [0.717, 1.165) is 19.3 Å². The third kappa shape index (κ3) is 2.92. The SMILES string of the molecule is CCOC(=O)[C@H]1[C@@H]2CC[C@@H](OC(C)=O)/C=C\C[C@@H]21. The highest BCUT2D eigenvalue weighted by Crippen LogP contribution is 2.53. The molecule has 1 saturated carbocycles. The van der Waals surface area contributed by atoms with E-state index in [2.05, 4.69) is 0 Å². The molecule has 0 aromatic rings. The van der Waals surface area contributed by atoms with Crippen LogP contribution in [0.5, 0.6) is 0 Å². The van der Waals surface area contributed by atoms with Gasteiger partial charge in [-0.2, -0.15) is 0 Å². The minimum atomic E-state index is -0.250. The molecule has 0 N–H and O–H groups in total. The van der Waals surface area contributed by atoms with E-state index in [9.17, 15) is 9.59 Å². The highest BCUT2D eigenvalue weighted by Gasteiger charge is 2.54. The van der Waals surface area contributed by atoms with E-state index in [4.69, 9.17) is 9.47 Å². The Morgan fingerprint density at radius 2 is 2.06 bits per heavy atom. The molecule has 2 rings (SSSR count). The standard InChI is InChI=1S/C14H20O4/c1-3-17-14(16)13-11-6-4-5-10(18-9(2)15)7-8-12(11)13/h4-5,10-13H,3,6-8H2,1-2H3/b5-4-/t10-,11-,12+,13+/m0/s1. The second-order valence-electron chi connectivity index (χ2n) is 4.99. The van der Waals surface area contributed by atoms with Gasteiger partial charge in [-0.05, 0) is 44.1 Å². The maximum absolute atomic E-state index is 11.7. The van der Waals surface area contributed by atoms with Crippen molar-refractivity contribution < 1.29 is 19.1 Å². The molecule has 4 nitrogen and oxygen atoms in total. The average molecular weight is 252 g/mol. The van der Waals surface area contributed by atoms with E-state index in [-0.39, 0.29) is 24.0 Å². The molecule has 0 unspecified atom stereocenters. The molecule has 2 aliphatic carbocycles. The zero-order chi connectivity index (χ0) is 13.1. The molecule has 0 bridgehead atoms. The number of carbonyl (C=O) groups excluding carboxylic acids is 2. The molecule has 0 spiro atoms. The summed E-state index contributed by atoms with van der Waals surface area (Å²) in [5.74, 6) is 0.586. The number of hydrogen-bond donors (Lipinski definition) is 0. The van der Waals surface area contributed by atoms with Gasteiger partial charge in [0.05, 0.1) is 12.5 Å². The van der Waals surface area contributed by atoms with Gasteiger partial charge in [0.1, 0.15) is 6.10 Å². The first-order valence-corrected chi connectivity index (χ1v) is 6.64. The van der Waals surface area contributed by atoms with Gasteiger partial charge in [0, 0.05) is 6.92 Å². The van der Waals surface area contributed by atoms with Crippen LogP contribution >= 0.6 is 0 Å². The van der Waals surface area contributed by atoms with Gasteiger partial charge >= 0.3 is 11.9 Å². The number of rotatable bonds is 3. The van der Waals surface area contributed by atoms with Crippen LogP contribution in [0, 0.1) is 17.8 Å². The van der Waals surface area contributed by atoms with Gasteiger partial charge < -0.3 is 9.47 Å². The summed E-state index contributed by atoms with van der Waals surface area (Å²) in [7, 11) is 0. The molecule has 4 atom stereocenters. The number of carbonyl (C=O) groups is 2. The predicted octanol–water partition coefficient (Wildman–Crippen LogP) is 2.08. The molecular weight excluding hydrogens is 232 g/mol. The Hall–Kier alpha value is -1.32. The number of hydrogen-bond acceptors (Lipinski definition) is 4. The summed E-state index contributed by atoms with van der Waals surface area (Å²) >= 11 is 0. The molecule has 0 amide bonds. The first-order valence-electron chi connectivity index (χ1n) is 6.64. The van der Waals surface area contributed by atoms with E-state index in [0.29, 0.717) is 18.4 Å². The van der Waals surface area contributed by atoms with E-state index in [1.807, 2.05) is 19.1 Å². The third-order valence-corrected chi connectivity index (χ3v) is 3.75. The van der Waals surface area contributed by atoms with Crippen LogP contribution in [0.4, 0.5) is 0 Å². The summed E-state index contributed by atoms with van der Waals surface area (Å²) in [5, 5.41) is 0. The molecule has 1 fully saturated rings. The lowest BCUT2D eigenvalue weighted by atomic mass is 10.0. The Morgan fingerprint density at radius 1 is 1.28 bits per heavy atom. The van der Waals surface area contributed by atoms with Crippen LogP contribution in [-0.4, -0.2) is 24.6 Å². The van der Waals surface area contributed by atoms with Crippen molar-refractivity contribution in [2.45, 2.75) is 39.2 Å². The van der Waals surface area contributed by atoms with E-state index >= 15 is 0 Å². The maximum Gasteiger partial charge on any atom is 0.309 e. The predicted molar refractivity (Wildman–Crippen MR) is 65.6 cm³/mol. The van der Waals surface area contributed by atoms with Crippen LogP contribution < -0.4 is 0 Å². The van der Waals surface area contributed by atoms with Crippen molar-refractivity contribution >= 4 is 11.9 Å². The minimum absolute atomic E-state index is 0.0608. The molecule has 2 aliphatic rings. The monoisotopic (exact) mass is 252 g/mol. The molecular formula is C14H20O4. The summed E-state index contributed by atoms with van der Waals surface area (Å²) in [6.07, 6.45) is 6.45. The number of ether oxygens (including phenoxy) is 2. The Labute approximate surface area is 107 Å². The molecule has 0 heterocycles. The summed E-state index contributed by atoms with van der Waals surface area (Å²) in [6, 6.07) is 0. The van der Waals surface area contributed by atoms with Crippen molar-refractivity contribution in [1.29, 1.82) is 0 Å². The van der Waals surface area contributed by atoms with Gasteiger partial charge in [0.25, 0.3) is 0 Å². The van der Waals surface area contributed by atoms with Crippen LogP contribution in [0.1, 0.15) is 33.1 Å². The molecule has 0 aromatic carbocycles. The van der Waals surface area contributed by atoms with Gasteiger partial charge in [-0.3, -0.25) is 9.59 Å². The smallest absolute Gasteiger partial charge is 0.309 e. The Morgan fingerprint density at radius 3 is 2.72 bits per heavy atom. The van der Waals surface area contributed by atoms with Gasteiger partial charge in [-0.15, -0.1) is 0 Å². The minimum Gasteiger partial charge on any atom is -0.466 e. The molecule has 18 heavy (non-hydrogen) atoms. The van der Waals surface area contributed by atoms with Gasteiger partial charge in [-0.1, -0.05) is 6.08 Å². The van der Waals surface area contributed by atoms with E-state index < -0.39 is 0 Å². The quantitative estimate of drug-likeness (QED) is 0.570. The summed E-state index contributed by atoms with van der Waals surface area (Å²) in [6.45, 7) is 3.70. The first kappa shape index (κ1) is 13.1. The Bertz CT molecular complexity index is 361. The lowest BCUT2D eigenvalue weighted by molar-refractivity contribution is -0.146. The molecule has 4 heteroatoms. The average Bonchev–Trinajstić information content (AvgIpc) is 2.94. The summed E-state index contributed by atoms with van der Waals surface area (Å²) in [5.41, 5.74) is 0. The molecule has 100 valence electrons. The van der Waals surface area contributed by atoms with Crippen LogP contribution in [0.3, 0.4) is 0 Å². The third-order valence-electron chi connectivity index (χ3n) is 3.75. The summed E-state index contributed by atoms with van der Waals surface area (Å²) in [4.78, 5) is 22.7. The fourth-order valence-electron chi connectivity index (χ4n) is 2.90. The van der Waals surface area contributed by atoms with E-state index in [1.54, 1.807) is 0 Å². The van der Waals surface area contributed by atoms with Crippen LogP contribution in [0.25, 0.3) is 0 Å². The fraction of sp³-hybridized carbons (Fsp3) is 0.714. The normalized spacial score (nSPS) is 35.7. The van der Waals surface area contributed by atoms with Crippen molar-refractivity contribution in [3.8, 4) is 0 Å². The molecule has 0 aromatic heterocycles. The number of esters is 2. The highest BCUT2D eigenvalue weighted by atomic mass is 16.5. The molecule has 0 saturated heterocycles. The fourth-order valence-corrected chi connectivity index (χ4v) is 2.90. The van der Waals surface area contributed by atoms with Crippen LogP contribution in [-0.2, 0) is 19.1 Å². The first-order chi connectivity index (χ1) is 8.63. The largest absolute Gasteiger partial charge is 0.466 e. The van der Waals surface area contributed by atoms with Crippen LogP contribution in [0.2, 0.25) is 0 Å². The number of allylic oxidation sites excluding steroid dienone is 1. The van der Waals surface area contributed by atoms with Crippen molar-refractivity contribution in [3.63, 3.8) is 0 Å². The second-order valence-corrected chi connectivity index (χ2v) is 4.99. The van der Waals surface area contributed by atoms with Crippen molar-refractivity contribution in [2.24, 2.45) is 17.8 Å². The lowest BCUT2D eigenvalue weighted by Gasteiger charge is -2.14. The van der Waals surface area contributed by atoms with Gasteiger partial charge in [0.2, 0.25) is 0 Å². The Balaban J connectivity index is 1.89.